The molecule has 2 rings (SSSR count). The molecule has 1 saturated heterocycles. The van der Waals surface area contributed by atoms with Crippen molar-refractivity contribution in [3.8, 4) is 0 Å². The number of hydrogen-bond acceptors (Lipinski definition) is 4. The quantitative estimate of drug-likeness (QED) is 0.799. The van der Waals surface area contributed by atoms with Gasteiger partial charge in [0.05, 0.1) is 12.2 Å². The molecule has 120 valence electrons. The second-order valence-corrected chi connectivity index (χ2v) is 4.97. The van der Waals surface area contributed by atoms with Crippen molar-refractivity contribution in [3.05, 3.63) is 29.6 Å². The fraction of sp³-hybridized carbons (Fsp3) is 0.467. The number of rotatable bonds is 6. The summed E-state index contributed by atoms with van der Waals surface area (Å²) < 4.78 is 19.2. The van der Waals surface area contributed by atoms with Crippen LogP contribution in [0.15, 0.2) is 18.2 Å². The SMILES string of the molecule is CCOCC(=O)NCc1ccc(N2CCNC(=O)C2)c(F)c1. The van der Waals surface area contributed by atoms with Gasteiger partial charge in [0, 0.05) is 26.2 Å². The molecule has 0 aliphatic carbocycles. The Hall–Kier alpha value is -2.15. The standard InChI is InChI=1S/C15H20FN3O3/c1-2-22-10-15(21)18-8-11-3-4-13(12(16)7-11)19-6-5-17-14(20)9-19/h3-4,7H,2,5-6,8-10H2,1H3,(H,17,20)(H,18,21). The molecular weight excluding hydrogens is 289 g/mol. The number of piperazine rings is 1. The van der Waals surface area contributed by atoms with Crippen molar-refractivity contribution in [2.45, 2.75) is 13.5 Å². The van der Waals surface area contributed by atoms with Gasteiger partial charge in [0.15, 0.2) is 0 Å². The molecule has 0 saturated carbocycles. The van der Waals surface area contributed by atoms with Crippen molar-refractivity contribution in [2.24, 2.45) is 0 Å². The van der Waals surface area contributed by atoms with Gasteiger partial charge in [-0.25, -0.2) is 4.39 Å². The molecule has 1 aromatic rings. The fourth-order valence-electron chi connectivity index (χ4n) is 2.21. The first-order chi connectivity index (χ1) is 10.6. The molecule has 2 N–H and O–H groups in total. The van der Waals surface area contributed by atoms with Crippen LogP contribution in [0.2, 0.25) is 0 Å². The number of anilines is 1. The summed E-state index contributed by atoms with van der Waals surface area (Å²) in [6, 6.07) is 4.76. The molecule has 2 amide bonds. The van der Waals surface area contributed by atoms with E-state index in [0.717, 1.165) is 0 Å². The lowest BCUT2D eigenvalue weighted by Gasteiger charge is -2.29. The molecule has 0 atom stereocenters. The summed E-state index contributed by atoms with van der Waals surface area (Å²) >= 11 is 0. The van der Waals surface area contributed by atoms with Crippen LogP contribution >= 0.6 is 0 Å². The Morgan fingerprint density at radius 3 is 3.00 bits per heavy atom. The number of nitrogens with one attached hydrogen (secondary N) is 2. The number of amides is 2. The van der Waals surface area contributed by atoms with Gasteiger partial charge < -0.3 is 20.3 Å². The highest BCUT2D eigenvalue weighted by Gasteiger charge is 2.19. The average molecular weight is 309 g/mol. The van der Waals surface area contributed by atoms with E-state index in [1.165, 1.54) is 6.07 Å². The van der Waals surface area contributed by atoms with E-state index >= 15 is 0 Å². The van der Waals surface area contributed by atoms with Crippen LogP contribution in [0, 0.1) is 5.82 Å². The highest BCUT2D eigenvalue weighted by molar-refractivity contribution is 5.82. The zero-order chi connectivity index (χ0) is 15.9. The largest absolute Gasteiger partial charge is 0.372 e. The summed E-state index contributed by atoms with van der Waals surface area (Å²) in [4.78, 5) is 24.5. The Morgan fingerprint density at radius 1 is 1.50 bits per heavy atom. The van der Waals surface area contributed by atoms with Gasteiger partial charge in [-0.05, 0) is 24.6 Å². The molecule has 1 aliphatic rings. The van der Waals surface area contributed by atoms with Gasteiger partial charge in [0.2, 0.25) is 11.8 Å². The van der Waals surface area contributed by atoms with Gasteiger partial charge in [-0.3, -0.25) is 9.59 Å². The van der Waals surface area contributed by atoms with E-state index in [-0.39, 0.29) is 31.5 Å². The lowest BCUT2D eigenvalue weighted by Crippen LogP contribution is -2.48. The van der Waals surface area contributed by atoms with Gasteiger partial charge >= 0.3 is 0 Å². The molecule has 0 aromatic heterocycles. The molecular formula is C15H20FN3O3. The summed E-state index contributed by atoms with van der Waals surface area (Å²) in [6.07, 6.45) is 0. The predicted molar refractivity (Wildman–Crippen MR) is 80.0 cm³/mol. The monoisotopic (exact) mass is 309 g/mol. The van der Waals surface area contributed by atoms with Crippen LogP contribution in [0.1, 0.15) is 12.5 Å². The number of carbonyl (C=O) groups is 2. The zero-order valence-electron chi connectivity index (χ0n) is 12.5. The maximum Gasteiger partial charge on any atom is 0.246 e. The molecule has 7 heteroatoms. The van der Waals surface area contributed by atoms with Crippen molar-refractivity contribution in [2.75, 3.05) is 37.7 Å². The van der Waals surface area contributed by atoms with Crippen LogP contribution < -0.4 is 15.5 Å². The van der Waals surface area contributed by atoms with E-state index in [4.69, 9.17) is 4.74 Å². The molecule has 0 bridgehead atoms. The first-order valence-corrected chi connectivity index (χ1v) is 7.24. The molecule has 0 radical (unpaired) electrons. The Morgan fingerprint density at radius 2 is 2.32 bits per heavy atom. The second kappa shape index (κ2) is 7.74. The lowest BCUT2D eigenvalue weighted by atomic mass is 10.1. The molecule has 6 nitrogen and oxygen atoms in total. The number of carbonyl (C=O) groups excluding carboxylic acids is 2. The van der Waals surface area contributed by atoms with Gasteiger partial charge in [-0.1, -0.05) is 6.07 Å². The normalized spacial score (nSPS) is 14.6. The van der Waals surface area contributed by atoms with Crippen molar-refractivity contribution in [1.29, 1.82) is 0 Å². The summed E-state index contributed by atoms with van der Waals surface area (Å²) in [5, 5.41) is 5.36. The smallest absolute Gasteiger partial charge is 0.246 e. The molecule has 0 spiro atoms. The Labute approximate surface area is 128 Å². The zero-order valence-corrected chi connectivity index (χ0v) is 12.5. The molecule has 1 aromatic carbocycles. The van der Waals surface area contributed by atoms with Crippen molar-refractivity contribution in [1.82, 2.24) is 10.6 Å². The summed E-state index contributed by atoms with van der Waals surface area (Å²) in [7, 11) is 0. The summed E-state index contributed by atoms with van der Waals surface area (Å²) in [5.74, 6) is -0.747. The van der Waals surface area contributed by atoms with Crippen LogP contribution in [0.3, 0.4) is 0 Å². The third kappa shape index (κ3) is 4.42. The minimum absolute atomic E-state index is 0.0000446. The van der Waals surface area contributed by atoms with Gasteiger partial charge in [0.1, 0.15) is 12.4 Å². The first-order valence-electron chi connectivity index (χ1n) is 7.24. The number of benzene rings is 1. The lowest BCUT2D eigenvalue weighted by molar-refractivity contribution is -0.125. The fourth-order valence-corrected chi connectivity index (χ4v) is 2.21. The second-order valence-electron chi connectivity index (χ2n) is 4.97. The minimum Gasteiger partial charge on any atom is -0.372 e. The van der Waals surface area contributed by atoms with Gasteiger partial charge in [-0.2, -0.15) is 0 Å². The molecule has 1 fully saturated rings. The van der Waals surface area contributed by atoms with E-state index in [1.807, 2.05) is 6.92 Å². The first kappa shape index (κ1) is 16.2. The van der Waals surface area contributed by atoms with Crippen LogP contribution in [0.25, 0.3) is 0 Å². The molecule has 1 aliphatic heterocycles. The third-order valence-electron chi connectivity index (χ3n) is 3.32. The Kier molecular flexibility index (Phi) is 5.71. The molecule has 1 heterocycles. The summed E-state index contributed by atoms with van der Waals surface area (Å²) in [6.45, 7) is 3.76. The van der Waals surface area contributed by atoms with E-state index in [1.54, 1.807) is 17.0 Å². The van der Waals surface area contributed by atoms with Crippen LogP contribution in [0.5, 0.6) is 0 Å². The topological polar surface area (TPSA) is 70.7 Å². The van der Waals surface area contributed by atoms with E-state index in [0.29, 0.717) is 30.9 Å². The van der Waals surface area contributed by atoms with Crippen LogP contribution in [0.4, 0.5) is 10.1 Å². The molecule has 0 unspecified atom stereocenters. The van der Waals surface area contributed by atoms with Crippen molar-refractivity contribution < 1.29 is 18.7 Å². The maximum atomic E-state index is 14.2. The van der Waals surface area contributed by atoms with Gasteiger partial charge in [-0.15, -0.1) is 0 Å². The van der Waals surface area contributed by atoms with Crippen LogP contribution in [-0.4, -0.2) is 44.7 Å². The predicted octanol–water partition coefficient (Wildman–Crippen LogP) is 0.415. The summed E-state index contributed by atoms with van der Waals surface area (Å²) in [5.41, 5.74) is 1.06. The number of nitrogens with zero attached hydrogens (tertiary/aromatic N) is 1. The minimum atomic E-state index is -0.397. The molecule has 22 heavy (non-hydrogen) atoms. The number of hydrogen-bond donors (Lipinski definition) is 2. The number of ether oxygens (including phenoxy) is 1. The van der Waals surface area contributed by atoms with E-state index < -0.39 is 5.82 Å². The average Bonchev–Trinajstić information content (AvgIpc) is 2.51. The van der Waals surface area contributed by atoms with Crippen molar-refractivity contribution in [3.63, 3.8) is 0 Å². The Balaban J connectivity index is 1.94. The van der Waals surface area contributed by atoms with Crippen LogP contribution in [-0.2, 0) is 20.9 Å². The van der Waals surface area contributed by atoms with Gasteiger partial charge in [0.25, 0.3) is 0 Å². The number of halogens is 1. The highest BCUT2D eigenvalue weighted by Crippen LogP contribution is 2.21. The highest BCUT2D eigenvalue weighted by atomic mass is 19.1. The third-order valence-corrected chi connectivity index (χ3v) is 3.32. The van der Waals surface area contributed by atoms with E-state index in [9.17, 15) is 14.0 Å². The van der Waals surface area contributed by atoms with E-state index in [2.05, 4.69) is 10.6 Å². The Bertz CT molecular complexity index is 551. The van der Waals surface area contributed by atoms with Crippen molar-refractivity contribution >= 4 is 17.5 Å². The maximum absolute atomic E-state index is 14.2.